The predicted molar refractivity (Wildman–Crippen MR) is 137 cm³/mol. The third kappa shape index (κ3) is 5.13. The van der Waals surface area contributed by atoms with Crippen LogP contribution in [0.1, 0.15) is 75.8 Å². The molecule has 4 heteroatoms. The summed E-state index contributed by atoms with van der Waals surface area (Å²) in [4.78, 5) is 0. The van der Waals surface area contributed by atoms with Crippen molar-refractivity contribution in [3.05, 3.63) is 90.4 Å². The van der Waals surface area contributed by atoms with Crippen molar-refractivity contribution in [3.8, 4) is 11.1 Å². The second-order valence-electron chi connectivity index (χ2n) is 11.2. The molecule has 0 saturated carbocycles. The molecule has 0 radical (unpaired) electrons. The molecule has 1 heterocycles. The van der Waals surface area contributed by atoms with Crippen molar-refractivity contribution >= 4 is 20.2 Å². The molecule has 2 aromatic carbocycles. The Balaban J connectivity index is 0.00000162. The molecule has 2 aliphatic carbocycles. The zero-order chi connectivity index (χ0) is 22.7. The van der Waals surface area contributed by atoms with Crippen molar-refractivity contribution in [2.45, 2.75) is 65.2 Å². The number of benzene rings is 2. The zero-order valence-corrected chi connectivity index (χ0v) is 25.6. The Bertz CT molecular complexity index is 1250. The van der Waals surface area contributed by atoms with Gasteiger partial charge in [0.15, 0.2) is 0 Å². The Morgan fingerprint density at radius 3 is 2.24 bits per heavy atom. The Kier molecular flexibility index (Phi) is 8.31. The number of fused-ring (bicyclic) bond motifs is 3. The summed E-state index contributed by atoms with van der Waals surface area (Å²) in [6, 6.07) is 14.4. The minimum atomic E-state index is -0.927. The first-order valence-electron chi connectivity index (χ1n) is 11.6. The van der Waals surface area contributed by atoms with Gasteiger partial charge in [-0.25, -0.2) is 0 Å². The molecule has 0 unspecified atom stereocenters. The number of rotatable bonds is 3. The molecule has 0 bridgehead atoms. The van der Waals surface area contributed by atoms with Crippen molar-refractivity contribution in [3.63, 3.8) is 0 Å². The summed E-state index contributed by atoms with van der Waals surface area (Å²) in [5.41, 5.74) is 12.4. The smallest absolute Gasteiger partial charge is 1.00 e. The molecule has 3 aromatic rings. The Labute approximate surface area is 233 Å². The van der Waals surface area contributed by atoms with Gasteiger partial charge in [0.05, 0.1) is 0 Å². The van der Waals surface area contributed by atoms with E-state index in [1.807, 2.05) is 11.3 Å². The average molecular weight is 587 g/mol. The van der Waals surface area contributed by atoms with E-state index in [2.05, 4.69) is 101 Å². The Morgan fingerprint density at radius 1 is 0.853 bits per heavy atom. The topological polar surface area (TPSA) is 0 Å². The van der Waals surface area contributed by atoms with Gasteiger partial charge in [0.2, 0.25) is 0 Å². The molecule has 0 amide bonds. The molecule has 0 aliphatic heterocycles. The van der Waals surface area contributed by atoms with Crippen molar-refractivity contribution < 1.29 is 48.0 Å². The predicted octanol–water partition coefficient (Wildman–Crippen LogP) is 2.00. The minimum absolute atomic E-state index is 0. The average Bonchev–Trinajstić information content (AvgIpc) is 3.45. The maximum absolute atomic E-state index is 2.48. The molecule has 0 N–H and O–H groups in total. The summed E-state index contributed by atoms with van der Waals surface area (Å²) in [5.74, 6) is 0. The Hall–Kier alpha value is -0.917. The van der Waals surface area contributed by atoms with Crippen LogP contribution in [0, 0.1) is 0 Å². The molecule has 2 aliphatic rings. The molecule has 0 fully saturated rings. The largest absolute Gasteiger partial charge is 1.00 e. The van der Waals surface area contributed by atoms with E-state index in [1.54, 1.807) is 17.7 Å². The normalized spacial score (nSPS) is 14.3. The first-order chi connectivity index (χ1) is 15.1. The van der Waals surface area contributed by atoms with Gasteiger partial charge in [-0.1, -0.05) is 0 Å². The number of hydrogen-bond donors (Lipinski definition) is 0. The van der Waals surface area contributed by atoms with Crippen molar-refractivity contribution in [1.82, 2.24) is 0 Å². The van der Waals surface area contributed by atoms with E-state index in [0.29, 0.717) is 0 Å². The van der Waals surface area contributed by atoms with E-state index >= 15 is 0 Å². The van der Waals surface area contributed by atoms with E-state index in [1.165, 1.54) is 33.4 Å². The van der Waals surface area contributed by atoms with Gasteiger partial charge in [-0.2, -0.15) is 0 Å². The van der Waals surface area contributed by atoms with Crippen molar-refractivity contribution in [2.75, 3.05) is 0 Å². The third-order valence-corrected chi connectivity index (χ3v) is 11.4. The van der Waals surface area contributed by atoms with E-state index in [0.717, 1.165) is 12.8 Å². The fourth-order valence-electron chi connectivity index (χ4n) is 4.97. The van der Waals surface area contributed by atoms with Gasteiger partial charge in [0.25, 0.3) is 0 Å². The van der Waals surface area contributed by atoms with Crippen LogP contribution in [-0.4, -0.2) is 0 Å². The van der Waals surface area contributed by atoms with E-state index in [4.69, 9.17) is 0 Å². The van der Waals surface area contributed by atoms with Gasteiger partial charge >= 0.3 is 210 Å². The summed E-state index contributed by atoms with van der Waals surface area (Å²) >= 11 is 0.881. The molecular formula is C30H32Cl2SZr. The van der Waals surface area contributed by atoms with Crippen LogP contribution in [0.15, 0.2) is 62.6 Å². The van der Waals surface area contributed by atoms with Crippen LogP contribution >= 0.6 is 11.3 Å². The molecule has 1 aromatic heterocycles. The fourth-order valence-corrected chi connectivity index (χ4v) is 10.2. The molecule has 0 atom stereocenters. The molecule has 0 saturated heterocycles. The number of halogens is 2. The summed E-state index contributed by atoms with van der Waals surface area (Å²) in [6.07, 6.45) is 7.00. The standard InChI is InChI=1S/C21H25.C9H7S.2ClH.Zr/c1-20(2,3)16-7-9-18-14(12-16)11-15-13-17(21(4,5)6)8-10-19(15)18;1-2-4-8(3-1)9-5-6-10-7-9;;;/h7-10,12H,11H2,1-6H3;1,3,5-7H,2H2;2*1H;/q;;;;+2/p-2. The number of thiophene rings is 1. The van der Waals surface area contributed by atoms with Gasteiger partial charge in [-0.05, 0) is 0 Å². The van der Waals surface area contributed by atoms with Gasteiger partial charge in [-0.15, -0.1) is 0 Å². The number of allylic oxidation sites excluding steroid dienone is 4. The van der Waals surface area contributed by atoms with Gasteiger partial charge in [-0.3, -0.25) is 0 Å². The molecule has 176 valence electrons. The zero-order valence-electron chi connectivity index (χ0n) is 20.9. The summed E-state index contributed by atoms with van der Waals surface area (Å²) in [7, 11) is 0. The quantitative estimate of drug-likeness (QED) is 0.345. The summed E-state index contributed by atoms with van der Waals surface area (Å²) in [6.45, 7) is 14.1. The van der Waals surface area contributed by atoms with E-state index in [-0.39, 0.29) is 35.6 Å². The van der Waals surface area contributed by atoms with Crippen molar-refractivity contribution in [1.29, 1.82) is 0 Å². The van der Waals surface area contributed by atoms with Crippen LogP contribution in [-0.2, 0) is 40.5 Å². The van der Waals surface area contributed by atoms with Crippen LogP contribution in [0.25, 0.3) is 16.7 Å². The number of hydrogen-bond acceptors (Lipinski definition) is 1. The van der Waals surface area contributed by atoms with E-state index < -0.39 is 23.2 Å². The van der Waals surface area contributed by atoms with Crippen LogP contribution in [0.4, 0.5) is 0 Å². The molecule has 5 rings (SSSR count). The van der Waals surface area contributed by atoms with Crippen LogP contribution in [0.2, 0.25) is 0 Å². The first kappa shape index (κ1) is 27.7. The Morgan fingerprint density at radius 2 is 1.59 bits per heavy atom. The first-order valence-corrected chi connectivity index (χ1v) is 15.0. The van der Waals surface area contributed by atoms with Crippen LogP contribution in [0.3, 0.4) is 0 Å². The second-order valence-corrected chi connectivity index (χ2v) is 15.3. The molecular weight excluding hydrogens is 555 g/mol. The van der Waals surface area contributed by atoms with Crippen molar-refractivity contribution in [2.24, 2.45) is 0 Å². The molecule has 34 heavy (non-hydrogen) atoms. The minimum Gasteiger partial charge on any atom is -1.00 e. The van der Waals surface area contributed by atoms with Crippen LogP contribution in [0.5, 0.6) is 0 Å². The van der Waals surface area contributed by atoms with Gasteiger partial charge in [0.1, 0.15) is 0 Å². The molecule has 0 spiro atoms. The summed E-state index contributed by atoms with van der Waals surface area (Å²) in [5, 5.41) is 4.52. The fraction of sp³-hybridized carbons (Fsp3) is 0.333. The van der Waals surface area contributed by atoms with Crippen LogP contribution < -0.4 is 28.1 Å². The maximum atomic E-state index is 2.48. The van der Waals surface area contributed by atoms with Gasteiger partial charge in [0, 0.05) is 0 Å². The monoisotopic (exact) mass is 584 g/mol. The second kappa shape index (κ2) is 10.2. The van der Waals surface area contributed by atoms with Gasteiger partial charge < -0.3 is 24.8 Å². The third-order valence-electron chi connectivity index (χ3n) is 6.79. The molecule has 0 nitrogen and oxygen atoms in total. The SMILES string of the molecule is CC(C)(C)c1ccc2c(c1)Cc1c-2ccc(C(C)(C)C)[c]1[Zr+2][C]1=C(c2ccsc2)C=CC1.[Cl-].[Cl-]. The summed E-state index contributed by atoms with van der Waals surface area (Å²) < 4.78 is 3.47. The van der Waals surface area contributed by atoms with E-state index in [9.17, 15) is 0 Å². The maximum Gasteiger partial charge on any atom is -1.00 e.